The number of phosphoric ester groups is 1. The Hall–Kier alpha value is -1.21. The zero-order valence-electron chi connectivity index (χ0n) is 29.7. The van der Waals surface area contributed by atoms with Gasteiger partial charge >= 0.3 is 11.9 Å². The maximum absolute atomic E-state index is 12.3. The number of carbonyl (C=O) groups excluding carboxylic acids is 2. The Morgan fingerprint density at radius 1 is 0.543 bits per heavy atom. The fraction of sp³-hybridized carbons (Fsp3) is 0.892. The molecule has 46 heavy (non-hydrogen) atoms. The van der Waals surface area contributed by atoms with Crippen LogP contribution in [-0.2, 0) is 28.2 Å². The molecule has 0 spiro atoms. The molecule has 0 unspecified atom stereocenters. The molecular weight excluding hydrogens is 603 g/mol. The van der Waals surface area contributed by atoms with Gasteiger partial charge in [0.15, 0.2) is 6.10 Å². The minimum atomic E-state index is -5.24. The largest absolute Gasteiger partial charge is 0.790 e. The number of ether oxygens (including phenoxy) is 2. The van der Waals surface area contributed by atoms with Crippen molar-refractivity contribution in [2.24, 2.45) is 0 Å². The van der Waals surface area contributed by atoms with Crippen LogP contribution >= 0.6 is 7.82 Å². The summed E-state index contributed by atoms with van der Waals surface area (Å²) in [6.07, 6.45) is 34.6. The molecule has 0 aromatic rings. The normalized spacial score (nSPS) is 12.5. The second-order valence-corrected chi connectivity index (χ2v) is 14.0. The average Bonchev–Trinajstić information content (AvgIpc) is 3.02. The molecule has 0 heterocycles. The standard InChI is InChI=1S/C37H71O8P/c1-3-5-7-9-11-13-15-17-18-20-21-23-25-27-29-31-36(38)43-33-35(34-44-46(40,41)42)45-37(39)32-30-28-26-24-22-19-16-14-12-10-8-6-4-2/h17-18,35H,3-16,19-34H2,1-2H3,(H2,40,41,42)/p-2/b18-17-/t35-/m1/s1. The number of esters is 2. The molecule has 0 aliphatic rings. The van der Waals surface area contributed by atoms with E-state index in [1.54, 1.807) is 0 Å². The Morgan fingerprint density at radius 2 is 0.913 bits per heavy atom. The summed E-state index contributed by atoms with van der Waals surface area (Å²) in [7, 11) is -5.24. The lowest BCUT2D eigenvalue weighted by atomic mass is 10.0. The molecule has 0 saturated carbocycles. The minimum Gasteiger partial charge on any atom is -0.790 e. The van der Waals surface area contributed by atoms with Crippen molar-refractivity contribution in [3.63, 3.8) is 0 Å². The average molecular weight is 673 g/mol. The first-order valence-electron chi connectivity index (χ1n) is 18.9. The van der Waals surface area contributed by atoms with E-state index in [0.717, 1.165) is 51.4 Å². The van der Waals surface area contributed by atoms with Gasteiger partial charge in [-0.3, -0.25) is 9.59 Å². The van der Waals surface area contributed by atoms with Crippen molar-refractivity contribution in [1.29, 1.82) is 0 Å². The van der Waals surface area contributed by atoms with Crippen molar-refractivity contribution in [2.45, 2.75) is 200 Å². The van der Waals surface area contributed by atoms with Crippen LogP contribution in [0.3, 0.4) is 0 Å². The first-order valence-corrected chi connectivity index (χ1v) is 20.4. The number of phosphoric acid groups is 1. The van der Waals surface area contributed by atoms with Gasteiger partial charge in [-0.25, -0.2) is 0 Å². The van der Waals surface area contributed by atoms with Crippen LogP contribution in [0.25, 0.3) is 0 Å². The van der Waals surface area contributed by atoms with Gasteiger partial charge in [-0.2, -0.15) is 0 Å². The Bertz CT molecular complexity index is 766. The molecule has 0 aliphatic carbocycles. The van der Waals surface area contributed by atoms with Crippen molar-refractivity contribution in [3.8, 4) is 0 Å². The smallest absolute Gasteiger partial charge is 0.306 e. The van der Waals surface area contributed by atoms with Crippen LogP contribution in [0, 0.1) is 0 Å². The van der Waals surface area contributed by atoms with Crippen LogP contribution in [0.4, 0.5) is 0 Å². The van der Waals surface area contributed by atoms with Crippen LogP contribution in [0.1, 0.15) is 194 Å². The molecule has 0 rings (SSSR count). The highest BCUT2D eigenvalue weighted by Crippen LogP contribution is 2.25. The second-order valence-electron chi connectivity index (χ2n) is 12.9. The number of carbonyl (C=O) groups is 2. The van der Waals surface area contributed by atoms with E-state index in [0.29, 0.717) is 12.8 Å². The third-order valence-electron chi connectivity index (χ3n) is 8.27. The minimum absolute atomic E-state index is 0.184. The van der Waals surface area contributed by atoms with Gasteiger partial charge in [0.25, 0.3) is 0 Å². The topological polar surface area (TPSA) is 125 Å². The van der Waals surface area contributed by atoms with Crippen LogP contribution < -0.4 is 9.79 Å². The molecule has 0 amide bonds. The van der Waals surface area contributed by atoms with E-state index in [9.17, 15) is 23.9 Å². The predicted molar refractivity (Wildman–Crippen MR) is 184 cm³/mol. The molecule has 8 nitrogen and oxygen atoms in total. The number of hydrogen-bond donors (Lipinski definition) is 0. The van der Waals surface area contributed by atoms with Gasteiger partial charge in [-0.15, -0.1) is 0 Å². The van der Waals surface area contributed by atoms with Gasteiger partial charge in [-0.05, 0) is 38.5 Å². The molecule has 9 heteroatoms. The molecular formula is C37H69O8P-2. The highest BCUT2D eigenvalue weighted by atomic mass is 31.2. The third kappa shape index (κ3) is 35.6. The number of unbranched alkanes of at least 4 members (excludes halogenated alkanes) is 23. The van der Waals surface area contributed by atoms with Crippen LogP contribution in [0.5, 0.6) is 0 Å². The third-order valence-corrected chi connectivity index (χ3v) is 8.74. The van der Waals surface area contributed by atoms with Crippen molar-refractivity contribution in [3.05, 3.63) is 12.2 Å². The lowest BCUT2D eigenvalue weighted by molar-refractivity contribution is -0.343. The van der Waals surface area contributed by atoms with Crippen LogP contribution in [0.2, 0.25) is 0 Å². The highest BCUT2D eigenvalue weighted by molar-refractivity contribution is 7.43. The quantitative estimate of drug-likeness (QED) is 0.0282. The van der Waals surface area contributed by atoms with Crippen molar-refractivity contribution in [2.75, 3.05) is 13.2 Å². The van der Waals surface area contributed by atoms with Gasteiger partial charge in [0.1, 0.15) is 6.61 Å². The summed E-state index contributed by atoms with van der Waals surface area (Å²) >= 11 is 0. The van der Waals surface area contributed by atoms with E-state index in [1.165, 1.54) is 103 Å². The summed E-state index contributed by atoms with van der Waals surface area (Å²) in [6.45, 7) is 3.48. The van der Waals surface area contributed by atoms with E-state index >= 15 is 0 Å². The molecule has 0 bridgehead atoms. The Labute approximate surface area is 282 Å². The predicted octanol–water partition coefficient (Wildman–Crippen LogP) is 9.81. The monoisotopic (exact) mass is 672 g/mol. The maximum atomic E-state index is 12.3. The van der Waals surface area contributed by atoms with Gasteiger partial charge in [0, 0.05) is 12.8 Å². The van der Waals surface area contributed by atoms with E-state index < -0.39 is 32.5 Å². The summed E-state index contributed by atoms with van der Waals surface area (Å²) in [5.41, 5.74) is 0. The zero-order chi connectivity index (χ0) is 34.0. The van der Waals surface area contributed by atoms with Crippen molar-refractivity contribution >= 4 is 19.8 Å². The van der Waals surface area contributed by atoms with Gasteiger partial charge < -0.3 is 28.3 Å². The number of rotatable bonds is 35. The molecule has 0 aliphatic heterocycles. The van der Waals surface area contributed by atoms with Crippen molar-refractivity contribution in [1.82, 2.24) is 0 Å². The van der Waals surface area contributed by atoms with Crippen molar-refractivity contribution < 1.29 is 37.9 Å². The Kier molecular flexibility index (Phi) is 32.8. The van der Waals surface area contributed by atoms with Gasteiger partial charge in [-0.1, -0.05) is 154 Å². The SMILES string of the molecule is CCCCCCCC/C=C\CCCCCCCC(=O)OC[C@H](COP(=O)([O-])[O-])OC(=O)CCCCCCCCCCCCCCC. The van der Waals surface area contributed by atoms with E-state index in [-0.39, 0.29) is 19.4 Å². The lowest BCUT2D eigenvalue weighted by Crippen LogP contribution is -2.31. The first kappa shape index (κ1) is 44.8. The molecule has 0 N–H and O–H groups in total. The van der Waals surface area contributed by atoms with E-state index in [2.05, 4.69) is 30.5 Å². The summed E-state index contributed by atoms with van der Waals surface area (Å²) in [5, 5.41) is 0. The van der Waals surface area contributed by atoms with E-state index in [4.69, 9.17) is 9.47 Å². The summed E-state index contributed by atoms with van der Waals surface area (Å²) in [4.78, 5) is 46.4. The lowest BCUT2D eigenvalue weighted by Gasteiger charge is -2.30. The molecule has 1 atom stereocenters. The number of allylic oxidation sites excluding steroid dienone is 2. The van der Waals surface area contributed by atoms with E-state index in [1.807, 2.05) is 0 Å². The van der Waals surface area contributed by atoms with Gasteiger partial charge in [0.2, 0.25) is 0 Å². The molecule has 272 valence electrons. The number of hydrogen-bond acceptors (Lipinski definition) is 8. The summed E-state index contributed by atoms with van der Waals surface area (Å²) < 4.78 is 25.7. The molecule has 0 fully saturated rings. The fourth-order valence-corrected chi connectivity index (χ4v) is 5.77. The fourth-order valence-electron chi connectivity index (χ4n) is 5.42. The maximum Gasteiger partial charge on any atom is 0.306 e. The van der Waals surface area contributed by atoms with Crippen LogP contribution in [0.15, 0.2) is 12.2 Å². The second kappa shape index (κ2) is 33.7. The molecule has 0 saturated heterocycles. The molecule has 0 aromatic heterocycles. The summed E-state index contributed by atoms with van der Waals surface area (Å²) in [5.74, 6) is -0.959. The van der Waals surface area contributed by atoms with Gasteiger partial charge in [0.05, 0.1) is 14.4 Å². The Balaban J connectivity index is 3.95. The molecule has 0 aromatic carbocycles. The highest BCUT2D eigenvalue weighted by Gasteiger charge is 2.18. The Morgan fingerprint density at radius 3 is 1.33 bits per heavy atom. The summed E-state index contributed by atoms with van der Waals surface area (Å²) in [6, 6.07) is 0. The zero-order valence-corrected chi connectivity index (χ0v) is 30.6. The first-order chi connectivity index (χ1) is 22.3. The van der Waals surface area contributed by atoms with Crippen LogP contribution in [-0.4, -0.2) is 31.3 Å². The molecule has 0 radical (unpaired) electrons.